The first-order valence-electron chi connectivity index (χ1n) is 7.17. The van der Waals surface area contributed by atoms with E-state index in [-0.39, 0.29) is 0 Å². The van der Waals surface area contributed by atoms with Crippen molar-refractivity contribution < 1.29 is 0 Å². The number of aryl methyl sites for hydroxylation is 1. The van der Waals surface area contributed by atoms with Gasteiger partial charge in [-0.05, 0) is 57.7 Å². The molecular weight excluding hydrogens is 220 g/mol. The quantitative estimate of drug-likeness (QED) is 0.885. The minimum absolute atomic E-state index is 0.360. The van der Waals surface area contributed by atoms with Crippen molar-refractivity contribution in [1.29, 1.82) is 0 Å². The Morgan fingerprint density at radius 3 is 2.39 bits per heavy atom. The summed E-state index contributed by atoms with van der Waals surface area (Å²) in [6.07, 6.45) is 3.82. The van der Waals surface area contributed by atoms with Gasteiger partial charge in [-0.1, -0.05) is 29.8 Å². The Labute approximate surface area is 111 Å². The van der Waals surface area contributed by atoms with E-state index in [1.807, 2.05) is 0 Å². The van der Waals surface area contributed by atoms with E-state index in [0.717, 1.165) is 12.5 Å². The fourth-order valence-corrected chi connectivity index (χ4v) is 2.86. The van der Waals surface area contributed by atoms with Gasteiger partial charge in [-0.25, -0.2) is 0 Å². The summed E-state index contributed by atoms with van der Waals surface area (Å²) in [4.78, 5) is 2.57. The standard InChI is InChI=1S/C16H26N2/c1-13-3-5-16(6-4-13)12-18-9-7-15(8-10-18)11-14(2)17/h3-6,14-15H,7-12,17H2,1-2H3. The molecule has 1 unspecified atom stereocenters. The monoisotopic (exact) mass is 246 g/mol. The van der Waals surface area contributed by atoms with Gasteiger partial charge in [0.2, 0.25) is 0 Å². The van der Waals surface area contributed by atoms with Gasteiger partial charge in [-0.15, -0.1) is 0 Å². The Morgan fingerprint density at radius 1 is 1.22 bits per heavy atom. The molecule has 0 aromatic heterocycles. The van der Waals surface area contributed by atoms with Gasteiger partial charge in [-0.3, -0.25) is 4.90 Å². The molecule has 100 valence electrons. The van der Waals surface area contributed by atoms with Crippen molar-refractivity contribution in [3.63, 3.8) is 0 Å². The molecule has 2 rings (SSSR count). The molecule has 1 atom stereocenters. The first-order chi connectivity index (χ1) is 8.63. The predicted molar refractivity (Wildman–Crippen MR) is 77.4 cm³/mol. The van der Waals surface area contributed by atoms with E-state index in [1.54, 1.807) is 0 Å². The molecule has 1 aromatic carbocycles. The van der Waals surface area contributed by atoms with Crippen LogP contribution in [0.15, 0.2) is 24.3 Å². The Morgan fingerprint density at radius 2 is 1.83 bits per heavy atom. The highest BCUT2D eigenvalue weighted by molar-refractivity contribution is 5.21. The average Bonchev–Trinajstić information content (AvgIpc) is 2.34. The lowest BCUT2D eigenvalue weighted by Crippen LogP contribution is -2.35. The van der Waals surface area contributed by atoms with Gasteiger partial charge in [0.05, 0.1) is 0 Å². The highest BCUT2D eigenvalue weighted by Crippen LogP contribution is 2.22. The number of hydrogen-bond acceptors (Lipinski definition) is 2. The van der Waals surface area contributed by atoms with Gasteiger partial charge in [0.1, 0.15) is 0 Å². The summed E-state index contributed by atoms with van der Waals surface area (Å²) in [6.45, 7) is 7.82. The van der Waals surface area contributed by atoms with Crippen LogP contribution in [-0.4, -0.2) is 24.0 Å². The minimum atomic E-state index is 0.360. The van der Waals surface area contributed by atoms with E-state index in [1.165, 1.54) is 43.5 Å². The Bertz CT molecular complexity index is 348. The summed E-state index contributed by atoms with van der Waals surface area (Å²) in [7, 11) is 0. The van der Waals surface area contributed by atoms with E-state index in [2.05, 4.69) is 43.0 Å². The summed E-state index contributed by atoms with van der Waals surface area (Å²) in [5.41, 5.74) is 8.66. The van der Waals surface area contributed by atoms with Gasteiger partial charge in [0.25, 0.3) is 0 Å². The molecule has 1 aliphatic heterocycles. The van der Waals surface area contributed by atoms with Crippen LogP contribution in [0.5, 0.6) is 0 Å². The highest BCUT2D eigenvalue weighted by atomic mass is 15.1. The topological polar surface area (TPSA) is 29.3 Å². The van der Waals surface area contributed by atoms with Crippen LogP contribution in [0.3, 0.4) is 0 Å². The number of nitrogens with zero attached hydrogens (tertiary/aromatic N) is 1. The normalized spacial score (nSPS) is 19.9. The van der Waals surface area contributed by atoms with Crippen molar-refractivity contribution in [2.24, 2.45) is 11.7 Å². The maximum Gasteiger partial charge on any atom is 0.0233 e. The smallest absolute Gasteiger partial charge is 0.0233 e. The van der Waals surface area contributed by atoms with Crippen molar-refractivity contribution in [1.82, 2.24) is 4.90 Å². The van der Waals surface area contributed by atoms with Crippen LogP contribution in [0.4, 0.5) is 0 Å². The predicted octanol–water partition coefficient (Wildman–Crippen LogP) is 2.94. The van der Waals surface area contributed by atoms with Crippen molar-refractivity contribution in [3.05, 3.63) is 35.4 Å². The second-order valence-electron chi connectivity index (χ2n) is 5.92. The van der Waals surface area contributed by atoms with Crippen LogP contribution >= 0.6 is 0 Å². The molecule has 0 amide bonds. The number of benzene rings is 1. The van der Waals surface area contributed by atoms with E-state index >= 15 is 0 Å². The molecule has 2 heteroatoms. The van der Waals surface area contributed by atoms with Crippen LogP contribution in [0.25, 0.3) is 0 Å². The van der Waals surface area contributed by atoms with Crippen LogP contribution < -0.4 is 5.73 Å². The van der Waals surface area contributed by atoms with Gasteiger partial charge >= 0.3 is 0 Å². The fraction of sp³-hybridized carbons (Fsp3) is 0.625. The van der Waals surface area contributed by atoms with Crippen LogP contribution in [0.2, 0.25) is 0 Å². The lowest BCUT2D eigenvalue weighted by molar-refractivity contribution is 0.169. The highest BCUT2D eigenvalue weighted by Gasteiger charge is 2.19. The minimum Gasteiger partial charge on any atom is -0.328 e. The SMILES string of the molecule is Cc1ccc(CN2CCC(CC(C)N)CC2)cc1. The van der Waals surface area contributed by atoms with Gasteiger partial charge in [-0.2, -0.15) is 0 Å². The number of likely N-dealkylation sites (tertiary alicyclic amines) is 1. The fourth-order valence-electron chi connectivity index (χ4n) is 2.86. The number of nitrogens with two attached hydrogens (primary N) is 1. The molecule has 1 heterocycles. The molecule has 1 saturated heterocycles. The third kappa shape index (κ3) is 4.11. The number of rotatable bonds is 4. The largest absolute Gasteiger partial charge is 0.328 e. The van der Waals surface area contributed by atoms with E-state index in [9.17, 15) is 0 Å². The molecule has 2 nitrogen and oxygen atoms in total. The maximum atomic E-state index is 5.88. The second kappa shape index (κ2) is 6.35. The molecule has 0 radical (unpaired) electrons. The molecule has 2 N–H and O–H groups in total. The zero-order valence-corrected chi connectivity index (χ0v) is 11.7. The lowest BCUT2D eigenvalue weighted by Gasteiger charge is -2.32. The van der Waals surface area contributed by atoms with Crippen molar-refractivity contribution in [2.75, 3.05) is 13.1 Å². The maximum absolute atomic E-state index is 5.88. The summed E-state index contributed by atoms with van der Waals surface area (Å²) in [5, 5.41) is 0. The lowest BCUT2D eigenvalue weighted by atomic mass is 9.91. The zero-order valence-electron chi connectivity index (χ0n) is 11.7. The summed E-state index contributed by atoms with van der Waals surface area (Å²) in [6, 6.07) is 9.28. The van der Waals surface area contributed by atoms with Crippen molar-refractivity contribution >= 4 is 0 Å². The average molecular weight is 246 g/mol. The zero-order chi connectivity index (χ0) is 13.0. The molecule has 0 saturated carbocycles. The summed E-state index contributed by atoms with van der Waals surface area (Å²) in [5.74, 6) is 0.847. The molecular formula is C16H26N2. The molecule has 1 fully saturated rings. The van der Waals surface area contributed by atoms with Crippen LogP contribution in [0.1, 0.15) is 37.3 Å². The van der Waals surface area contributed by atoms with Gasteiger partial charge in [0, 0.05) is 12.6 Å². The molecule has 1 aromatic rings. The number of hydrogen-bond donors (Lipinski definition) is 1. The molecule has 1 aliphatic rings. The van der Waals surface area contributed by atoms with Gasteiger partial charge < -0.3 is 5.73 Å². The third-order valence-electron chi connectivity index (χ3n) is 3.94. The van der Waals surface area contributed by atoms with Crippen LogP contribution in [-0.2, 0) is 6.54 Å². The van der Waals surface area contributed by atoms with Gasteiger partial charge in [0.15, 0.2) is 0 Å². The number of piperidine rings is 1. The first kappa shape index (κ1) is 13.6. The Hall–Kier alpha value is -0.860. The van der Waals surface area contributed by atoms with E-state index in [4.69, 9.17) is 5.73 Å². The van der Waals surface area contributed by atoms with E-state index < -0.39 is 0 Å². The van der Waals surface area contributed by atoms with Crippen LogP contribution in [0, 0.1) is 12.8 Å². The summed E-state index contributed by atoms with van der Waals surface area (Å²) < 4.78 is 0. The van der Waals surface area contributed by atoms with Crippen molar-refractivity contribution in [3.8, 4) is 0 Å². The molecule has 18 heavy (non-hydrogen) atoms. The third-order valence-corrected chi connectivity index (χ3v) is 3.94. The van der Waals surface area contributed by atoms with E-state index in [0.29, 0.717) is 6.04 Å². The summed E-state index contributed by atoms with van der Waals surface area (Å²) >= 11 is 0. The Kier molecular flexibility index (Phi) is 4.79. The molecule has 0 bridgehead atoms. The second-order valence-corrected chi connectivity index (χ2v) is 5.92. The molecule has 0 spiro atoms. The molecule has 0 aliphatic carbocycles. The van der Waals surface area contributed by atoms with Crippen molar-refractivity contribution in [2.45, 2.75) is 45.7 Å². The first-order valence-corrected chi connectivity index (χ1v) is 7.17. The Balaban J connectivity index is 1.78.